The number of hydrogen-bond donors (Lipinski definition) is 1. The molecule has 3 aromatic rings. The molecule has 0 unspecified atom stereocenters. The van der Waals surface area contributed by atoms with Crippen molar-refractivity contribution in [1.29, 1.82) is 5.26 Å². The van der Waals surface area contributed by atoms with Crippen molar-refractivity contribution in [3.8, 4) is 17.5 Å². The number of anilines is 1. The van der Waals surface area contributed by atoms with Crippen LogP contribution in [0.25, 0.3) is 5.69 Å². The Labute approximate surface area is 201 Å². The highest BCUT2D eigenvalue weighted by Gasteiger charge is 2.42. The summed E-state index contributed by atoms with van der Waals surface area (Å²) in [6.07, 6.45) is 0.739. The molecule has 9 nitrogen and oxygen atoms in total. The molecule has 0 spiro atoms. The number of carbonyl (C=O) groups excluding carboxylic acids is 2. The van der Waals surface area contributed by atoms with E-state index in [0.717, 1.165) is 0 Å². The quantitative estimate of drug-likeness (QED) is 0.428. The Balaban J connectivity index is 1.89. The molecule has 1 saturated heterocycles. The largest absolute Gasteiger partial charge is 0.497 e. The summed E-state index contributed by atoms with van der Waals surface area (Å²) in [5.74, 6) is -1.80. The molecule has 2 atom stereocenters. The third-order valence-electron chi connectivity index (χ3n) is 5.27. The number of esters is 1. The first-order valence-corrected chi connectivity index (χ1v) is 10.9. The van der Waals surface area contributed by atoms with Crippen molar-refractivity contribution in [3.63, 3.8) is 0 Å². The van der Waals surface area contributed by atoms with Gasteiger partial charge in [0.2, 0.25) is 5.91 Å². The number of ether oxygens (including phenoxy) is 2. The number of thiocarbonyl (C=S) groups is 1. The lowest BCUT2D eigenvalue weighted by Gasteiger charge is -2.39. The Morgan fingerprint density at radius 2 is 1.94 bits per heavy atom. The number of benzene rings is 2. The van der Waals surface area contributed by atoms with E-state index in [1.165, 1.54) is 11.8 Å². The summed E-state index contributed by atoms with van der Waals surface area (Å²) in [6, 6.07) is 18.2. The van der Waals surface area contributed by atoms with Gasteiger partial charge in [0.25, 0.3) is 0 Å². The minimum absolute atomic E-state index is 0.0297. The molecule has 1 amide bonds. The SMILES string of the molecule is CCOC(=O)c1nn(-c2ccccc2)cc1[C@@H]1NC(=O)[C@H](C#N)C(=S)N1c1cccc(OC)c1. The summed E-state index contributed by atoms with van der Waals surface area (Å²) in [6.45, 7) is 1.85. The predicted octanol–water partition coefficient (Wildman–Crippen LogP) is 3.16. The van der Waals surface area contributed by atoms with E-state index in [4.69, 9.17) is 21.7 Å². The van der Waals surface area contributed by atoms with Crippen LogP contribution < -0.4 is 15.0 Å². The second kappa shape index (κ2) is 9.72. The Kier molecular flexibility index (Phi) is 6.56. The van der Waals surface area contributed by atoms with E-state index in [1.807, 2.05) is 36.4 Å². The maximum absolute atomic E-state index is 12.8. The second-order valence-electron chi connectivity index (χ2n) is 7.32. The van der Waals surface area contributed by atoms with Gasteiger partial charge in [-0.1, -0.05) is 36.5 Å². The lowest BCUT2D eigenvalue weighted by Crippen LogP contribution is -2.56. The van der Waals surface area contributed by atoms with Crippen LogP contribution in [-0.2, 0) is 9.53 Å². The molecule has 1 fully saturated rings. The number of nitrogens with zero attached hydrogens (tertiary/aromatic N) is 4. The van der Waals surface area contributed by atoms with Gasteiger partial charge in [-0.2, -0.15) is 10.4 Å². The molecule has 1 aromatic heterocycles. The van der Waals surface area contributed by atoms with E-state index in [9.17, 15) is 14.9 Å². The smallest absolute Gasteiger partial charge is 0.359 e. The summed E-state index contributed by atoms with van der Waals surface area (Å²) >= 11 is 5.58. The van der Waals surface area contributed by atoms with Crippen LogP contribution in [0.1, 0.15) is 29.1 Å². The van der Waals surface area contributed by atoms with Crippen LogP contribution in [0.15, 0.2) is 60.8 Å². The van der Waals surface area contributed by atoms with Gasteiger partial charge < -0.3 is 19.7 Å². The average molecular weight is 476 g/mol. The summed E-state index contributed by atoms with van der Waals surface area (Å²) in [4.78, 5) is 27.4. The zero-order valence-corrected chi connectivity index (χ0v) is 19.3. The van der Waals surface area contributed by atoms with Gasteiger partial charge in [-0.05, 0) is 31.2 Å². The number of amides is 1. The van der Waals surface area contributed by atoms with E-state index in [-0.39, 0.29) is 17.3 Å². The van der Waals surface area contributed by atoms with E-state index < -0.39 is 24.0 Å². The highest BCUT2D eigenvalue weighted by molar-refractivity contribution is 7.80. The molecule has 4 rings (SSSR count). The Morgan fingerprint density at radius 1 is 1.21 bits per heavy atom. The lowest BCUT2D eigenvalue weighted by atomic mass is 10.0. The van der Waals surface area contributed by atoms with Gasteiger partial charge >= 0.3 is 5.97 Å². The summed E-state index contributed by atoms with van der Waals surface area (Å²) in [5.41, 5.74) is 1.70. The lowest BCUT2D eigenvalue weighted by molar-refractivity contribution is -0.123. The first-order chi connectivity index (χ1) is 16.5. The Hall–Kier alpha value is -4.23. The maximum Gasteiger partial charge on any atom is 0.359 e. The third kappa shape index (κ3) is 4.21. The molecule has 1 N–H and O–H groups in total. The van der Waals surface area contributed by atoms with Crippen LogP contribution in [0.5, 0.6) is 5.75 Å². The highest BCUT2D eigenvalue weighted by atomic mass is 32.1. The van der Waals surface area contributed by atoms with Gasteiger partial charge in [0.05, 0.1) is 25.5 Å². The average Bonchev–Trinajstić information content (AvgIpc) is 3.30. The molecule has 34 heavy (non-hydrogen) atoms. The van der Waals surface area contributed by atoms with Gasteiger partial charge in [-0.3, -0.25) is 4.79 Å². The molecule has 0 bridgehead atoms. The van der Waals surface area contributed by atoms with Crippen LogP contribution in [0, 0.1) is 17.2 Å². The van der Waals surface area contributed by atoms with Gasteiger partial charge in [0, 0.05) is 23.5 Å². The Bertz CT molecular complexity index is 1280. The fourth-order valence-corrected chi connectivity index (χ4v) is 4.06. The zero-order valence-electron chi connectivity index (χ0n) is 18.5. The minimum atomic E-state index is -1.17. The minimum Gasteiger partial charge on any atom is -0.497 e. The number of para-hydroxylation sites is 1. The van der Waals surface area contributed by atoms with Crippen LogP contribution in [-0.4, -0.2) is 40.4 Å². The third-order valence-corrected chi connectivity index (χ3v) is 5.70. The first kappa shape index (κ1) is 22.9. The van der Waals surface area contributed by atoms with Crippen molar-refractivity contribution in [3.05, 3.63) is 72.1 Å². The zero-order chi connectivity index (χ0) is 24.2. The van der Waals surface area contributed by atoms with Crippen molar-refractivity contribution in [1.82, 2.24) is 15.1 Å². The van der Waals surface area contributed by atoms with Gasteiger partial charge in [-0.15, -0.1) is 0 Å². The fraction of sp³-hybridized carbons (Fsp3) is 0.208. The Morgan fingerprint density at radius 3 is 2.62 bits per heavy atom. The van der Waals surface area contributed by atoms with Crippen molar-refractivity contribution in [2.24, 2.45) is 5.92 Å². The number of nitriles is 1. The van der Waals surface area contributed by atoms with Crippen LogP contribution in [0.4, 0.5) is 5.69 Å². The molecule has 10 heteroatoms. The monoisotopic (exact) mass is 475 g/mol. The number of carbonyl (C=O) groups is 2. The molecule has 0 aliphatic carbocycles. The van der Waals surface area contributed by atoms with E-state index >= 15 is 0 Å². The number of aromatic nitrogens is 2. The van der Waals surface area contributed by atoms with Crippen molar-refractivity contribution in [2.45, 2.75) is 13.1 Å². The highest BCUT2D eigenvalue weighted by Crippen LogP contribution is 2.35. The second-order valence-corrected chi connectivity index (χ2v) is 7.73. The van der Waals surface area contributed by atoms with Gasteiger partial charge in [0.1, 0.15) is 16.9 Å². The molecule has 1 aliphatic rings. The first-order valence-electron chi connectivity index (χ1n) is 10.5. The summed E-state index contributed by atoms with van der Waals surface area (Å²) in [5, 5.41) is 16.9. The van der Waals surface area contributed by atoms with E-state index in [0.29, 0.717) is 22.7 Å². The van der Waals surface area contributed by atoms with E-state index in [2.05, 4.69) is 10.4 Å². The van der Waals surface area contributed by atoms with Crippen molar-refractivity contribution >= 4 is 34.8 Å². The van der Waals surface area contributed by atoms with Gasteiger partial charge in [0.15, 0.2) is 11.6 Å². The molecule has 2 aromatic carbocycles. The summed E-state index contributed by atoms with van der Waals surface area (Å²) < 4.78 is 12.1. The standard InChI is InChI=1S/C24H21N5O4S/c1-3-33-24(31)20-19(14-28(27-20)15-8-5-4-6-9-15)21-26-22(30)18(13-25)23(34)29(21)16-10-7-11-17(12-16)32-2/h4-12,14,18,21H,3H2,1-2H3,(H,26,30)/t18-,21+/m0/s1. The van der Waals surface area contributed by atoms with Crippen LogP contribution in [0.2, 0.25) is 0 Å². The normalized spacial score (nSPS) is 17.6. The maximum atomic E-state index is 12.8. The number of rotatable bonds is 6. The molecule has 0 radical (unpaired) electrons. The van der Waals surface area contributed by atoms with Crippen LogP contribution in [0.3, 0.4) is 0 Å². The van der Waals surface area contributed by atoms with Crippen molar-refractivity contribution < 1.29 is 19.1 Å². The van der Waals surface area contributed by atoms with Crippen LogP contribution >= 0.6 is 12.2 Å². The number of methoxy groups -OCH3 is 1. The molecule has 2 heterocycles. The summed E-state index contributed by atoms with van der Waals surface area (Å²) in [7, 11) is 1.54. The van der Waals surface area contributed by atoms with Gasteiger partial charge in [-0.25, -0.2) is 9.48 Å². The topological polar surface area (TPSA) is 109 Å². The molecule has 172 valence electrons. The molecule has 1 aliphatic heterocycles. The van der Waals surface area contributed by atoms with E-state index in [1.54, 1.807) is 42.3 Å². The molecular formula is C24H21N5O4S. The molecular weight excluding hydrogens is 454 g/mol. The predicted molar refractivity (Wildman–Crippen MR) is 128 cm³/mol. The van der Waals surface area contributed by atoms with Crippen molar-refractivity contribution in [2.75, 3.05) is 18.6 Å². The number of hydrogen-bond acceptors (Lipinski definition) is 7. The fourth-order valence-electron chi connectivity index (χ4n) is 3.69. The number of nitrogens with one attached hydrogen (secondary N) is 1. The molecule has 0 saturated carbocycles.